The molecule has 3 rings (SSSR count). The van der Waals surface area contributed by atoms with E-state index in [-0.39, 0.29) is 5.56 Å². The highest BCUT2D eigenvalue weighted by Crippen LogP contribution is 2.31. The molecule has 116 valence electrons. The number of hydrogen-bond donors (Lipinski definition) is 0. The van der Waals surface area contributed by atoms with Crippen LogP contribution in [0.4, 0.5) is 0 Å². The maximum Gasteiger partial charge on any atom is 0.272 e. The van der Waals surface area contributed by atoms with Gasteiger partial charge in [0.25, 0.3) is 5.56 Å². The fourth-order valence-electron chi connectivity index (χ4n) is 2.25. The summed E-state index contributed by atoms with van der Waals surface area (Å²) in [6.07, 6.45) is 1.94. The maximum atomic E-state index is 12.9. The van der Waals surface area contributed by atoms with Crippen molar-refractivity contribution < 1.29 is 0 Å². The van der Waals surface area contributed by atoms with Crippen LogP contribution in [0, 0.1) is 0 Å². The summed E-state index contributed by atoms with van der Waals surface area (Å²) in [5.74, 6) is 0.954. The topological polar surface area (TPSA) is 34.9 Å². The molecule has 1 aromatic heterocycles. The Balaban J connectivity index is 2.17. The summed E-state index contributed by atoms with van der Waals surface area (Å²) in [5.41, 5.74) is 1.91. The van der Waals surface area contributed by atoms with Gasteiger partial charge in [-0.3, -0.25) is 9.36 Å². The lowest BCUT2D eigenvalue weighted by Crippen LogP contribution is -2.24. The number of halogens is 1. The molecular weight excluding hydrogens is 380 g/mol. The normalized spacial score (nSPS) is 14.9. The Labute approximate surface area is 147 Å². The Morgan fingerprint density at radius 2 is 2.14 bits per heavy atom. The molecule has 0 unspecified atom stereocenters. The molecule has 0 fully saturated rings. The molecule has 0 amide bonds. The summed E-state index contributed by atoms with van der Waals surface area (Å²) in [4.78, 5) is 18.5. The van der Waals surface area contributed by atoms with Gasteiger partial charge >= 0.3 is 0 Å². The third-order valence-electron chi connectivity index (χ3n) is 3.63. The van der Waals surface area contributed by atoms with Gasteiger partial charge in [-0.2, -0.15) is 0 Å². The Morgan fingerprint density at radius 3 is 2.82 bits per heavy atom. The summed E-state index contributed by atoms with van der Waals surface area (Å²) >= 11 is 6.75. The Kier molecular flexibility index (Phi) is 5.00. The number of nitrogens with zero attached hydrogens (tertiary/aromatic N) is 2. The summed E-state index contributed by atoms with van der Waals surface area (Å²) < 4.78 is 2.77. The summed E-state index contributed by atoms with van der Waals surface area (Å²) in [6, 6.07) is 7.83. The second-order valence-electron chi connectivity index (χ2n) is 5.22. The van der Waals surface area contributed by atoms with E-state index in [4.69, 9.17) is 4.98 Å². The molecule has 1 aliphatic heterocycles. The Bertz CT molecular complexity index is 743. The molecule has 6 heteroatoms. The minimum absolute atomic E-state index is 0.0700. The van der Waals surface area contributed by atoms with Crippen LogP contribution in [0.25, 0.3) is 5.69 Å². The number of thioether (sulfide) groups is 2. The zero-order valence-electron chi connectivity index (χ0n) is 12.5. The maximum absolute atomic E-state index is 12.9. The molecule has 0 saturated heterocycles. The molecule has 2 heterocycles. The van der Waals surface area contributed by atoms with Crippen LogP contribution in [0.2, 0.25) is 0 Å². The van der Waals surface area contributed by atoms with E-state index in [0.29, 0.717) is 5.25 Å². The van der Waals surface area contributed by atoms with Gasteiger partial charge in [0.1, 0.15) is 0 Å². The molecule has 3 nitrogen and oxygen atoms in total. The number of hydrogen-bond acceptors (Lipinski definition) is 4. The fraction of sp³-hybridized carbons (Fsp3) is 0.375. The van der Waals surface area contributed by atoms with Crippen molar-refractivity contribution in [1.82, 2.24) is 9.55 Å². The van der Waals surface area contributed by atoms with Gasteiger partial charge in [-0.1, -0.05) is 41.5 Å². The van der Waals surface area contributed by atoms with E-state index in [1.165, 1.54) is 0 Å². The van der Waals surface area contributed by atoms with Crippen LogP contribution in [0.1, 0.15) is 26.0 Å². The highest BCUT2D eigenvalue weighted by atomic mass is 79.9. The highest BCUT2D eigenvalue weighted by molar-refractivity contribution is 9.10. The summed E-state index contributed by atoms with van der Waals surface area (Å²) in [5, 5.41) is 1.24. The van der Waals surface area contributed by atoms with Crippen molar-refractivity contribution in [1.29, 1.82) is 0 Å². The third kappa shape index (κ3) is 3.14. The van der Waals surface area contributed by atoms with Crippen LogP contribution in [0.3, 0.4) is 0 Å². The zero-order valence-corrected chi connectivity index (χ0v) is 15.7. The first kappa shape index (κ1) is 16.1. The van der Waals surface area contributed by atoms with Crippen molar-refractivity contribution >= 4 is 39.5 Å². The van der Waals surface area contributed by atoms with Crippen molar-refractivity contribution in [3.63, 3.8) is 0 Å². The molecule has 1 atom stereocenters. The minimum atomic E-state index is 0.0700. The lowest BCUT2D eigenvalue weighted by atomic mass is 10.3. The lowest BCUT2D eigenvalue weighted by Gasteiger charge is -2.16. The summed E-state index contributed by atoms with van der Waals surface area (Å²) in [6.45, 7) is 4.33. The van der Waals surface area contributed by atoms with Gasteiger partial charge in [-0.05, 0) is 30.7 Å². The predicted octanol–water partition coefficient (Wildman–Crippen LogP) is 4.53. The van der Waals surface area contributed by atoms with Gasteiger partial charge in [0.2, 0.25) is 0 Å². The predicted molar refractivity (Wildman–Crippen MR) is 97.6 cm³/mol. The van der Waals surface area contributed by atoms with Crippen LogP contribution in [0.15, 0.2) is 43.6 Å². The standard InChI is InChI=1S/C16H17BrN2OS2/c1-3-10(2)22-16-18-13-8-9-21-14(13)15(20)19(16)12-6-4-11(17)5-7-12/h4-7,10H,3,8-9H2,1-2H3/t10-/m0/s1. The first-order valence-electron chi connectivity index (χ1n) is 7.31. The lowest BCUT2D eigenvalue weighted by molar-refractivity contribution is 0.734. The number of benzene rings is 1. The van der Waals surface area contributed by atoms with E-state index >= 15 is 0 Å². The van der Waals surface area contributed by atoms with Crippen molar-refractivity contribution in [2.45, 2.75) is 42.0 Å². The van der Waals surface area contributed by atoms with Crippen molar-refractivity contribution in [2.75, 3.05) is 5.75 Å². The van der Waals surface area contributed by atoms with Crippen LogP contribution < -0.4 is 5.56 Å². The number of fused-ring (bicyclic) bond motifs is 1. The SMILES string of the molecule is CC[C@H](C)Sc1nc2c(c(=O)n1-c1ccc(Br)cc1)SCC2. The van der Waals surface area contributed by atoms with Gasteiger partial charge in [0, 0.05) is 21.9 Å². The third-order valence-corrected chi connectivity index (χ3v) is 6.49. The van der Waals surface area contributed by atoms with E-state index in [9.17, 15) is 4.79 Å². The van der Waals surface area contributed by atoms with Gasteiger partial charge in [-0.15, -0.1) is 11.8 Å². The highest BCUT2D eigenvalue weighted by Gasteiger charge is 2.23. The number of aromatic nitrogens is 2. The molecule has 1 aliphatic rings. The Morgan fingerprint density at radius 1 is 1.41 bits per heavy atom. The molecule has 0 spiro atoms. The number of aryl methyl sites for hydroxylation is 1. The minimum Gasteiger partial charge on any atom is -0.268 e. The van der Waals surface area contributed by atoms with Gasteiger partial charge in [0.05, 0.1) is 16.3 Å². The van der Waals surface area contributed by atoms with Crippen molar-refractivity contribution in [2.24, 2.45) is 0 Å². The van der Waals surface area contributed by atoms with E-state index in [2.05, 4.69) is 29.8 Å². The first-order valence-corrected chi connectivity index (χ1v) is 9.97. The largest absolute Gasteiger partial charge is 0.272 e. The van der Waals surface area contributed by atoms with Gasteiger partial charge in [0.15, 0.2) is 5.16 Å². The van der Waals surface area contributed by atoms with Crippen LogP contribution in [-0.2, 0) is 6.42 Å². The zero-order chi connectivity index (χ0) is 15.7. The average molecular weight is 397 g/mol. The molecule has 1 aromatic carbocycles. The van der Waals surface area contributed by atoms with Crippen LogP contribution >= 0.6 is 39.5 Å². The molecule has 0 N–H and O–H groups in total. The monoisotopic (exact) mass is 396 g/mol. The molecule has 22 heavy (non-hydrogen) atoms. The molecule has 2 aromatic rings. The number of rotatable bonds is 4. The van der Waals surface area contributed by atoms with Crippen molar-refractivity contribution in [3.8, 4) is 5.69 Å². The molecular formula is C16H17BrN2OS2. The smallest absolute Gasteiger partial charge is 0.268 e. The van der Waals surface area contributed by atoms with Gasteiger partial charge < -0.3 is 0 Å². The second kappa shape index (κ2) is 6.81. The molecule has 0 bridgehead atoms. The quantitative estimate of drug-likeness (QED) is 0.561. The van der Waals surface area contributed by atoms with E-state index in [0.717, 1.165) is 44.5 Å². The molecule has 0 radical (unpaired) electrons. The van der Waals surface area contributed by atoms with E-state index in [1.807, 2.05) is 24.3 Å². The average Bonchev–Trinajstić information content (AvgIpc) is 2.97. The van der Waals surface area contributed by atoms with E-state index < -0.39 is 0 Å². The Hall–Kier alpha value is -0.720. The van der Waals surface area contributed by atoms with Crippen molar-refractivity contribution in [3.05, 3.63) is 44.8 Å². The molecule has 0 aliphatic carbocycles. The molecule has 0 saturated carbocycles. The van der Waals surface area contributed by atoms with E-state index in [1.54, 1.807) is 28.1 Å². The summed E-state index contributed by atoms with van der Waals surface area (Å²) in [7, 11) is 0. The van der Waals surface area contributed by atoms with Crippen LogP contribution in [0.5, 0.6) is 0 Å². The second-order valence-corrected chi connectivity index (χ2v) is 8.65. The fourth-order valence-corrected chi connectivity index (χ4v) is 4.53. The first-order chi connectivity index (χ1) is 10.6. The van der Waals surface area contributed by atoms with Crippen LogP contribution in [-0.4, -0.2) is 20.6 Å². The van der Waals surface area contributed by atoms with Gasteiger partial charge in [-0.25, -0.2) is 4.98 Å².